The van der Waals surface area contributed by atoms with Gasteiger partial charge in [0.1, 0.15) is 0 Å². The monoisotopic (exact) mass is 251 g/mol. The van der Waals surface area contributed by atoms with E-state index in [1.54, 1.807) is 11.9 Å². The third-order valence-electron chi connectivity index (χ3n) is 2.14. The minimum atomic E-state index is -4.05. The molecule has 0 aromatic heterocycles. The van der Waals surface area contributed by atoms with Crippen LogP contribution >= 0.6 is 0 Å². The Bertz CT molecular complexity index is 429. The van der Waals surface area contributed by atoms with Crippen molar-refractivity contribution in [2.45, 2.75) is 0 Å². The molecule has 8 nitrogen and oxygen atoms in total. The lowest BCUT2D eigenvalue weighted by atomic mass is 10.4. The summed E-state index contributed by atoms with van der Waals surface area (Å²) in [7, 11) is 0.0537. The highest BCUT2D eigenvalue weighted by Gasteiger charge is 2.37. The Hall–Kier alpha value is -1.19. The molecule has 0 spiro atoms. The third-order valence-corrected chi connectivity index (χ3v) is 3.60. The van der Waals surface area contributed by atoms with Gasteiger partial charge in [-0.05, 0) is 7.05 Å². The molecule has 0 atom stereocenters. The maximum Gasteiger partial charge on any atom is 0.318 e. The van der Waals surface area contributed by atoms with Crippen LogP contribution in [0.1, 0.15) is 0 Å². The zero-order chi connectivity index (χ0) is 12.5. The molecule has 1 rings (SSSR count). The zero-order valence-corrected chi connectivity index (χ0v) is 10.0. The van der Waals surface area contributed by atoms with E-state index in [4.69, 9.17) is 0 Å². The third kappa shape index (κ3) is 2.31. The average Bonchev–Trinajstić information content (AvgIpc) is 2.15. The van der Waals surface area contributed by atoms with Crippen LogP contribution < -0.4 is 0 Å². The van der Waals surface area contributed by atoms with Crippen LogP contribution in [0.5, 0.6) is 0 Å². The highest BCUT2D eigenvalue weighted by atomic mass is 32.2. The van der Waals surface area contributed by atoms with E-state index in [1.165, 1.54) is 11.9 Å². The summed E-state index contributed by atoms with van der Waals surface area (Å²) in [5.74, 6) is 0. The summed E-state index contributed by atoms with van der Waals surface area (Å²) in [6.07, 6.45) is 0. The van der Waals surface area contributed by atoms with Crippen molar-refractivity contribution in [1.29, 1.82) is 0 Å². The van der Waals surface area contributed by atoms with Gasteiger partial charge in [-0.3, -0.25) is 19.2 Å². The maximum atomic E-state index is 11.5. The molecular formula is C7H13N3O5S. The van der Waals surface area contributed by atoms with Gasteiger partial charge in [-0.15, -0.1) is 0 Å². The van der Waals surface area contributed by atoms with Crippen molar-refractivity contribution in [1.82, 2.24) is 9.80 Å². The first-order chi connectivity index (χ1) is 7.29. The van der Waals surface area contributed by atoms with E-state index in [2.05, 4.69) is 4.18 Å². The minimum absolute atomic E-state index is 0.0325. The van der Waals surface area contributed by atoms with Crippen LogP contribution in [0.2, 0.25) is 0 Å². The smallest absolute Gasteiger partial charge is 0.318 e. The molecule has 0 saturated carbocycles. The molecule has 0 saturated heterocycles. The zero-order valence-electron chi connectivity index (χ0n) is 9.21. The van der Waals surface area contributed by atoms with Crippen LogP contribution in [-0.4, -0.2) is 57.6 Å². The first-order valence-electron chi connectivity index (χ1n) is 4.37. The van der Waals surface area contributed by atoms with E-state index in [0.29, 0.717) is 0 Å². The van der Waals surface area contributed by atoms with Crippen LogP contribution in [0.3, 0.4) is 0 Å². The van der Waals surface area contributed by atoms with Gasteiger partial charge in [0.2, 0.25) is 5.03 Å². The van der Waals surface area contributed by atoms with E-state index in [9.17, 15) is 18.5 Å². The first kappa shape index (κ1) is 12.9. The molecule has 0 unspecified atom stereocenters. The lowest BCUT2D eigenvalue weighted by Gasteiger charge is -2.30. The van der Waals surface area contributed by atoms with Crippen molar-refractivity contribution in [2.24, 2.45) is 0 Å². The molecule has 0 aromatic carbocycles. The molecule has 0 aromatic rings. The SMILES string of the molecule is COS(=O)(=O)C1=C([N+](=O)[O-])CN(C)CN1C. The molecule has 1 heterocycles. The molecule has 0 radical (unpaired) electrons. The molecule has 16 heavy (non-hydrogen) atoms. The van der Waals surface area contributed by atoms with Gasteiger partial charge in [-0.2, -0.15) is 8.42 Å². The number of likely N-dealkylation sites (N-methyl/N-ethyl adjacent to an activating group) is 1. The Morgan fingerprint density at radius 1 is 1.44 bits per heavy atom. The van der Waals surface area contributed by atoms with Crippen molar-refractivity contribution < 1.29 is 17.5 Å². The fourth-order valence-corrected chi connectivity index (χ4v) is 2.59. The van der Waals surface area contributed by atoms with Crippen LogP contribution in [0.15, 0.2) is 10.7 Å². The molecule has 0 amide bonds. The Labute approximate surface area is 93.4 Å². The van der Waals surface area contributed by atoms with E-state index < -0.39 is 15.0 Å². The lowest BCUT2D eigenvalue weighted by molar-refractivity contribution is -0.431. The van der Waals surface area contributed by atoms with Crippen molar-refractivity contribution in [3.05, 3.63) is 20.8 Å². The molecule has 0 fully saturated rings. The second-order valence-corrected chi connectivity index (χ2v) is 5.11. The normalized spacial score (nSPS) is 19.1. The van der Waals surface area contributed by atoms with Crippen LogP contribution in [-0.2, 0) is 14.3 Å². The molecule has 1 aliphatic heterocycles. The van der Waals surface area contributed by atoms with Crippen molar-refractivity contribution >= 4 is 10.1 Å². The van der Waals surface area contributed by atoms with E-state index in [0.717, 1.165) is 7.11 Å². The van der Waals surface area contributed by atoms with E-state index in [-0.39, 0.29) is 23.9 Å². The lowest BCUT2D eigenvalue weighted by Crippen LogP contribution is -2.43. The van der Waals surface area contributed by atoms with Crippen LogP contribution in [0, 0.1) is 10.1 Å². The summed E-state index contributed by atoms with van der Waals surface area (Å²) in [6, 6.07) is 0. The number of nitrogens with zero attached hydrogens (tertiary/aromatic N) is 3. The first-order valence-corrected chi connectivity index (χ1v) is 5.78. The molecule has 1 aliphatic rings. The van der Waals surface area contributed by atoms with Gasteiger partial charge >= 0.3 is 10.1 Å². The Morgan fingerprint density at radius 2 is 2.00 bits per heavy atom. The van der Waals surface area contributed by atoms with Gasteiger partial charge < -0.3 is 4.90 Å². The highest BCUT2D eigenvalue weighted by molar-refractivity contribution is 7.90. The van der Waals surface area contributed by atoms with Gasteiger partial charge in [-0.25, -0.2) is 0 Å². The Morgan fingerprint density at radius 3 is 2.44 bits per heavy atom. The topological polar surface area (TPSA) is 93.0 Å². The summed E-state index contributed by atoms with van der Waals surface area (Å²) in [5.41, 5.74) is -0.377. The fraction of sp³-hybridized carbons (Fsp3) is 0.714. The Balaban J connectivity index is 3.36. The van der Waals surface area contributed by atoms with Crippen molar-refractivity contribution in [3.63, 3.8) is 0 Å². The fourth-order valence-electron chi connectivity index (χ4n) is 1.57. The summed E-state index contributed by atoms with van der Waals surface area (Å²) in [5, 5.41) is 10.4. The van der Waals surface area contributed by atoms with Gasteiger partial charge in [0, 0.05) is 7.05 Å². The predicted molar refractivity (Wildman–Crippen MR) is 55.2 cm³/mol. The molecule has 0 bridgehead atoms. The van der Waals surface area contributed by atoms with Crippen molar-refractivity contribution in [2.75, 3.05) is 34.4 Å². The van der Waals surface area contributed by atoms with Gasteiger partial charge in [0.25, 0.3) is 5.70 Å². The maximum absolute atomic E-state index is 11.5. The predicted octanol–water partition coefficient (Wildman–Crippen LogP) is -0.757. The molecule has 0 N–H and O–H groups in total. The minimum Gasteiger partial charge on any atom is -0.345 e. The molecule has 9 heteroatoms. The summed E-state index contributed by atoms with van der Waals surface area (Å²) in [6.45, 7) is 0.254. The van der Waals surface area contributed by atoms with Gasteiger partial charge in [0.15, 0.2) is 0 Å². The second kappa shape index (κ2) is 4.36. The number of hydrogen-bond acceptors (Lipinski definition) is 7. The number of rotatable bonds is 3. The summed E-state index contributed by atoms with van der Waals surface area (Å²) < 4.78 is 27.4. The number of hydrogen-bond donors (Lipinski definition) is 0. The van der Waals surface area contributed by atoms with E-state index >= 15 is 0 Å². The van der Waals surface area contributed by atoms with Crippen LogP contribution in [0.25, 0.3) is 0 Å². The number of nitro groups is 1. The standard InChI is InChI=1S/C7H13N3O5S/c1-8-4-6(10(11)12)7(9(2)5-8)16(13,14)15-3/h4-5H2,1-3H3. The van der Waals surface area contributed by atoms with Crippen molar-refractivity contribution in [3.8, 4) is 0 Å². The summed E-state index contributed by atoms with van der Waals surface area (Å²) in [4.78, 5) is 13.0. The largest absolute Gasteiger partial charge is 0.345 e. The van der Waals surface area contributed by atoms with E-state index in [1.807, 2.05) is 0 Å². The highest BCUT2D eigenvalue weighted by Crippen LogP contribution is 2.22. The van der Waals surface area contributed by atoms with Crippen LogP contribution in [0.4, 0.5) is 0 Å². The molecule has 92 valence electrons. The molecule has 0 aliphatic carbocycles. The second-order valence-electron chi connectivity index (χ2n) is 3.48. The quantitative estimate of drug-likeness (QED) is 0.370. The van der Waals surface area contributed by atoms with Gasteiger partial charge in [0.05, 0.1) is 25.2 Å². The molecular weight excluding hydrogens is 238 g/mol. The van der Waals surface area contributed by atoms with Gasteiger partial charge in [-0.1, -0.05) is 0 Å². The average molecular weight is 251 g/mol. The Kier molecular flexibility index (Phi) is 3.51. The summed E-state index contributed by atoms with van der Waals surface area (Å²) >= 11 is 0.